The fourth-order valence-electron chi connectivity index (χ4n) is 4.42. The molecular formula is C26H30O14. The lowest BCUT2D eigenvalue weighted by Gasteiger charge is -2.39. The van der Waals surface area contributed by atoms with E-state index in [0.29, 0.717) is 0 Å². The van der Waals surface area contributed by atoms with Gasteiger partial charge in [-0.05, 0) is 6.07 Å². The molecule has 3 aromatic rings. The molecule has 3 unspecified atom stereocenters. The average molecular weight is 567 g/mol. The Morgan fingerprint density at radius 2 is 1.43 bits per heavy atom. The van der Waals surface area contributed by atoms with E-state index >= 15 is 0 Å². The normalized spacial score (nSPS) is 22.6. The van der Waals surface area contributed by atoms with E-state index in [9.17, 15) is 30.3 Å². The van der Waals surface area contributed by atoms with Gasteiger partial charge in [0, 0.05) is 12.1 Å². The monoisotopic (exact) mass is 566 g/mol. The molecule has 0 aliphatic carbocycles. The Labute approximate surface area is 227 Å². The van der Waals surface area contributed by atoms with E-state index < -0.39 is 48.5 Å². The predicted octanol–water partition coefficient (Wildman–Crippen LogP) is 0.387. The first-order valence-electron chi connectivity index (χ1n) is 11.9. The molecule has 1 aliphatic heterocycles. The molecule has 1 fully saturated rings. The van der Waals surface area contributed by atoms with Crippen LogP contribution in [0.25, 0.3) is 22.3 Å². The summed E-state index contributed by atoms with van der Waals surface area (Å²) in [4.78, 5) is 13.5. The van der Waals surface area contributed by atoms with Crippen LogP contribution in [0.15, 0.2) is 27.4 Å². The number of aromatic hydroxyl groups is 1. The molecule has 0 spiro atoms. The van der Waals surface area contributed by atoms with Crippen LogP contribution in [0.3, 0.4) is 0 Å². The molecular weight excluding hydrogens is 536 g/mol. The zero-order valence-corrected chi connectivity index (χ0v) is 22.2. The van der Waals surface area contributed by atoms with Gasteiger partial charge in [0.05, 0.1) is 47.7 Å². The molecule has 2 heterocycles. The summed E-state index contributed by atoms with van der Waals surface area (Å²) in [7, 11) is 6.59. The molecule has 14 nitrogen and oxygen atoms in total. The molecule has 1 aromatic heterocycles. The van der Waals surface area contributed by atoms with Crippen LogP contribution in [-0.2, 0) is 4.74 Å². The number of phenolic OH excluding ortho intramolecular Hbond substituents is 1. The first-order valence-corrected chi connectivity index (χ1v) is 11.9. The van der Waals surface area contributed by atoms with E-state index in [-0.39, 0.29) is 56.8 Å². The third-order valence-electron chi connectivity index (χ3n) is 6.49. The van der Waals surface area contributed by atoms with E-state index in [2.05, 4.69) is 0 Å². The largest absolute Gasteiger partial charge is 0.504 e. The van der Waals surface area contributed by atoms with Crippen LogP contribution in [0, 0.1) is 0 Å². The summed E-state index contributed by atoms with van der Waals surface area (Å²) in [5.74, 6) is -0.699. The molecule has 1 saturated heterocycles. The highest BCUT2D eigenvalue weighted by Crippen LogP contribution is 2.47. The van der Waals surface area contributed by atoms with Crippen LogP contribution in [-0.4, -0.2) is 98.4 Å². The number of rotatable bonds is 9. The molecule has 0 saturated carbocycles. The molecule has 4 rings (SSSR count). The van der Waals surface area contributed by atoms with E-state index in [4.69, 9.17) is 37.6 Å². The number of hydrogen-bond donors (Lipinski definition) is 5. The SMILES string of the molecule is COc1cc(OC)c(-c2oc3cc(OC)c(OC)c(O)c3c(=O)c2OC)cc1O[C@@H]1OC(CO)[C@@H](O)C(O)C1O. The minimum Gasteiger partial charge on any atom is -0.504 e. The van der Waals surface area contributed by atoms with Crippen molar-refractivity contribution in [2.24, 2.45) is 0 Å². The van der Waals surface area contributed by atoms with E-state index in [1.807, 2.05) is 0 Å². The topological polar surface area (TPSA) is 196 Å². The highest BCUT2D eigenvalue weighted by Gasteiger charge is 2.45. The minimum absolute atomic E-state index is 0.0532. The summed E-state index contributed by atoms with van der Waals surface area (Å²) in [6, 6.07) is 4.12. The van der Waals surface area contributed by atoms with Crippen molar-refractivity contribution in [2.75, 3.05) is 42.2 Å². The standard InChI is InChI=1S/C26H30O14/c1-33-11-7-12(34-2)13(39-26-22(32)21(31)18(28)16(9-27)40-26)6-10(11)23-25(37-5)20(30)17-14(38-23)8-15(35-3)24(36-4)19(17)29/h6-8,16,18,21-22,26-29,31-32H,9H2,1-5H3/t16?,18-,21?,22?,26-/m1/s1. The van der Waals surface area contributed by atoms with Crippen LogP contribution in [0.2, 0.25) is 0 Å². The molecule has 1 aliphatic rings. The van der Waals surface area contributed by atoms with Crippen molar-refractivity contribution < 1.29 is 63.1 Å². The second-order valence-corrected chi connectivity index (χ2v) is 8.65. The molecule has 2 aromatic carbocycles. The quantitative estimate of drug-likeness (QED) is 0.238. The number of aliphatic hydroxyl groups is 4. The van der Waals surface area contributed by atoms with E-state index in [0.717, 1.165) is 0 Å². The van der Waals surface area contributed by atoms with Crippen molar-refractivity contribution >= 4 is 11.0 Å². The predicted molar refractivity (Wildman–Crippen MR) is 137 cm³/mol. The number of phenols is 1. The Bertz CT molecular complexity index is 1430. The van der Waals surface area contributed by atoms with Gasteiger partial charge in [-0.2, -0.15) is 0 Å². The van der Waals surface area contributed by atoms with Gasteiger partial charge >= 0.3 is 0 Å². The Morgan fingerprint density at radius 3 is 2.00 bits per heavy atom. The lowest BCUT2D eigenvalue weighted by molar-refractivity contribution is -0.277. The molecule has 0 radical (unpaired) electrons. The van der Waals surface area contributed by atoms with Gasteiger partial charge in [-0.25, -0.2) is 0 Å². The molecule has 218 valence electrons. The number of benzene rings is 2. The van der Waals surface area contributed by atoms with Crippen molar-refractivity contribution in [3.8, 4) is 51.6 Å². The van der Waals surface area contributed by atoms with Gasteiger partial charge in [0.15, 0.2) is 28.8 Å². The maximum atomic E-state index is 13.5. The van der Waals surface area contributed by atoms with Crippen molar-refractivity contribution in [3.63, 3.8) is 0 Å². The van der Waals surface area contributed by atoms with Gasteiger partial charge in [0.1, 0.15) is 41.1 Å². The third kappa shape index (κ3) is 4.80. The van der Waals surface area contributed by atoms with Gasteiger partial charge < -0.3 is 63.1 Å². The molecule has 40 heavy (non-hydrogen) atoms. The third-order valence-corrected chi connectivity index (χ3v) is 6.49. The lowest BCUT2D eigenvalue weighted by Crippen LogP contribution is -2.60. The Balaban J connectivity index is 1.92. The summed E-state index contributed by atoms with van der Waals surface area (Å²) in [5.41, 5.74) is -0.662. The maximum absolute atomic E-state index is 13.5. The Morgan fingerprint density at radius 1 is 0.775 bits per heavy atom. The zero-order chi connectivity index (χ0) is 29.3. The average Bonchev–Trinajstić information content (AvgIpc) is 2.96. The Kier molecular flexibility index (Phi) is 8.46. The smallest absolute Gasteiger partial charge is 0.239 e. The minimum atomic E-state index is -1.70. The number of fused-ring (bicyclic) bond motifs is 1. The maximum Gasteiger partial charge on any atom is 0.239 e. The lowest BCUT2D eigenvalue weighted by atomic mass is 9.99. The van der Waals surface area contributed by atoms with Crippen molar-refractivity contribution in [3.05, 3.63) is 28.4 Å². The fourth-order valence-corrected chi connectivity index (χ4v) is 4.42. The molecule has 0 amide bonds. The molecule has 5 atom stereocenters. The van der Waals surface area contributed by atoms with Crippen LogP contribution >= 0.6 is 0 Å². The highest BCUT2D eigenvalue weighted by atomic mass is 16.7. The first kappa shape index (κ1) is 29.0. The summed E-state index contributed by atoms with van der Waals surface area (Å²) in [5, 5.41) is 50.7. The summed E-state index contributed by atoms with van der Waals surface area (Å²) < 4.78 is 44.0. The van der Waals surface area contributed by atoms with Crippen LogP contribution in [0.1, 0.15) is 0 Å². The van der Waals surface area contributed by atoms with Gasteiger partial charge in [-0.1, -0.05) is 0 Å². The fraction of sp³-hybridized carbons (Fsp3) is 0.423. The number of methoxy groups -OCH3 is 5. The number of ether oxygens (including phenoxy) is 7. The van der Waals surface area contributed by atoms with Crippen molar-refractivity contribution in [2.45, 2.75) is 30.7 Å². The summed E-state index contributed by atoms with van der Waals surface area (Å²) in [6.45, 7) is -0.656. The van der Waals surface area contributed by atoms with Gasteiger partial charge in [0.25, 0.3) is 0 Å². The van der Waals surface area contributed by atoms with E-state index in [1.54, 1.807) is 0 Å². The number of aliphatic hydroxyl groups excluding tert-OH is 4. The van der Waals surface area contributed by atoms with Crippen molar-refractivity contribution in [1.82, 2.24) is 0 Å². The molecule has 5 N–H and O–H groups in total. The zero-order valence-electron chi connectivity index (χ0n) is 22.2. The van der Waals surface area contributed by atoms with Crippen LogP contribution < -0.4 is 33.8 Å². The number of hydrogen-bond acceptors (Lipinski definition) is 14. The van der Waals surface area contributed by atoms with Gasteiger partial charge in [-0.15, -0.1) is 0 Å². The van der Waals surface area contributed by atoms with Gasteiger partial charge in [0.2, 0.25) is 23.2 Å². The molecule has 14 heteroatoms. The van der Waals surface area contributed by atoms with Gasteiger partial charge in [-0.3, -0.25) is 4.79 Å². The summed E-state index contributed by atoms with van der Waals surface area (Å²) >= 11 is 0. The van der Waals surface area contributed by atoms with Crippen LogP contribution in [0.4, 0.5) is 0 Å². The van der Waals surface area contributed by atoms with Crippen molar-refractivity contribution in [1.29, 1.82) is 0 Å². The van der Waals surface area contributed by atoms with E-state index in [1.165, 1.54) is 53.7 Å². The second kappa shape index (κ2) is 11.7. The Hall–Kier alpha value is -3.95. The summed E-state index contributed by atoms with van der Waals surface area (Å²) in [6.07, 6.45) is -7.73. The molecule has 0 bridgehead atoms. The highest BCUT2D eigenvalue weighted by molar-refractivity contribution is 5.92. The first-order chi connectivity index (χ1) is 19.1. The second-order valence-electron chi connectivity index (χ2n) is 8.65. The van der Waals surface area contributed by atoms with Crippen LogP contribution in [0.5, 0.6) is 40.2 Å².